The van der Waals surface area contributed by atoms with Gasteiger partial charge in [0.15, 0.2) is 23.3 Å². The van der Waals surface area contributed by atoms with Crippen molar-refractivity contribution in [1.82, 2.24) is 19.9 Å². The fourth-order valence-electron chi connectivity index (χ4n) is 4.53. The summed E-state index contributed by atoms with van der Waals surface area (Å²) >= 11 is 0. The molecule has 0 atom stereocenters. The molecule has 1 N–H and O–H groups in total. The molecule has 240 valence electrons. The van der Waals surface area contributed by atoms with E-state index in [4.69, 9.17) is 20.1 Å². The minimum atomic E-state index is -0.125. The summed E-state index contributed by atoms with van der Waals surface area (Å²) in [5.41, 5.74) is 7.26. The predicted molar refractivity (Wildman–Crippen MR) is 183 cm³/mol. The number of allylic oxidation sites excluding steroid dienone is 2. The molecule has 0 saturated carbocycles. The number of pyridine rings is 1. The zero-order chi connectivity index (χ0) is 32.8. The zero-order valence-electron chi connectivity index (χ0n) is 27.7. The Hall–Kier alpha value is -4.28. The third-order valence-electron chi connectivity index (χ3n) is 7.07. The van der Waals surface area contributed by atoms with Gasteiger partial charge >= 0.3 is 0 Å². The molecule has 0 saturated heterocycles. The molecule has 0 fully saturated rings. The number of ketones is 1. The minimum absolute atomic E-state index is 0. The molecule has 3 aromatic carbocycles. The summed E-state index contributed by atoms with van der Waals surface area (Å²) in [5.74, 6) is 1.82. The van der Waals surface area contributed by atoms with Gasteiger partial charge in [-0.2, -0.15) is 0 Å². The summed E-state index contributed by atoms with van der Waals surface area (Å²) in [7, 11) is 0. The number of benzene rings is 3. The number of aliphatic hydroxyl groups excluding tert-OH is 1. The largest absolute Gasteiger partial charge is 0.512 e. The number of aromatic nitrogens is 4. The first kappa shape index (κ1) is 36.2. The van der Waals surface area contributed by atoms with Crippen LogP contribution in [0.25, 0.3) is 45.4 Å². The quantitative estimate of drug-likeness (QED) is 0.109. The molecule has 7 heteroatoms. The fourth-order valence-corrected chi connectivity index (χ4v) is 4.53. The maximum absolute atomic E-state index is 10.0. The van der Waals surface area contributed by atoms with Crippen molar-refractivity contribution in [2.24, 2.45) is 0 Å². The van der Waals surface area contributed by atoms with Gasteiger partial charge in [-0.05, 0) is 41.5 Å². The van der Waals surface area contributed by atoms with Gasteiger partial charge in [-0.25, -0.2) is 15.0 Å². The number of nitrogens with zero attached hydrogens (tertiary/aromatic N) is 4. The van der Waals surface area contributed by atoms with Gasteiger partial charge in [-0.1, -0.05) is 102 Å². The molecule has 5 rings (SSSR count). The summed E-state index contributed by atoms with van der Waals surface area (Å²) in [4.78, 5) is 29.4. The van der Waals surface area contributed by atoms with Crippen LogP contribution in [0.15, 0.2) is 103 Å². The van der Waals surface area contributed by atoms with Crippen LogP contribution in [0.2, 0.25) is 0 Å². The second kappa shape index (κ2) is 15.3. The molecule has 0 unspecified atom stereocenters. The molecule has 0 bridgehead atoms. The van der Waals surface area contributed by atoms with Crippen molar-refractivity contribution < 1.29 is 31.0 Å². The molecule has 2 heterocycles. The van der Waals surface area contributed by atoms with Crippen LogP contribution in [0, 0.1) is 6.07 Å². The maximum Gasteiger partial charge on any atom is 0.165 e. The topological polar surface area (TPSA) is 88.9 Å². The Morgan fingerprint density at radius 2 is 1.13 bits per heavy atom. The van der Waals surface area contributed by atoms with Gasteiger partial charge in [-0.3, -0.25) is 4.79 Å². The molecule has 0 amide bonds. The number of carbonyl (C=O) groups excluding carboxylic acids is 1. The van der Waals surface area contributed by atoms with Crippen molar-refractivity contribution in [2.75, 3.05) is 0 Å². The molecular formula is C39H41N4O2Pt-. The van der Waals surface area contributed by atoms with E-state index in [0.717, 1.165) is 27.9 Å². The van der Waals surface area contributed by atoms with Crippen molar-refractivity contribution >= 4 is 5.78 Å². The van der Waals surface area contributed by atoms with E-state index in [0.29, 0.717) is 17.5 Å². The normalized spacial score (nSPS) is 11.6. The van der Waals surface area contributed by atoms with E-state index < -0.39 is 0 Å². The maximum atomic E-state index is 10.0. The number of aliphatic hydroxyl groups is 1. The number of hydrogen-bond acceptors (Lipinski definition) is 6. The Morgan fingerprint density at radius 3 is 1.46 bits per heavy atom. The summed E-state index contributed by atoms with van der Waals surface area (Å²) in [6, 6.07) is 32.1. The van der Waals surface area contributed by atoms with E-state index in [9.17, 15) is 4.79 Å². The van der Waals surface area contributed by atoms with Crippen LogP contribution >= 0.6 is 0 Å². The van der Waals surface area contributed by atoms with Crippen LogP contribution in [-0.2, 0) is 36.7 Å². The Labute approximate surface area is 287 Å². The van der Waals surface area contributed by atoms with Crippen LogP contribution in [-0.4, -0.2) is 30.8 Å². The Balaban J connectivity index is 0.000000648. The van der Waals surface area contributed by atoms with Crippen LogP contribution in [0.5, 0.6) is 0 Å². The second-order valence-electron chi connectivity index (χ2n) is 13.1. The molecule has 0 aliphatic rings. The molecule has 46 heavy (non-hydrogen) atoms. The van der Waals surface area contributed by atoms with Crippen molar-refractivity contribution in [2.45, 2.75) is 66.2 Å². The van der Waals surface area contributed by atoms with E-state index in [1.807, 2.05) is 42.6 Å². The zero-order valence-corrected chi connectivity index (χ0v) is 30.0. The number of carbonyl (C=O) groups is 1. The van der Waals surface area contributed by atoms with Crippen molar-refractivity contribution in [1.29, 1.82) is 0 Å². The van der Waals surface area contributed by atoms with Gasteiger partial charge < -0.3 is 10.1 Å². The molecule has 5 aromatic rings. The Bertz CT molecular complexity index is 1690. The molecular weight excluding hydrogens is 752 g/mol. The van der Waals surface area contributed by atoms with Crippen LogP contribution in [0.3, 0.4) is 0 Å². The number of hydrogen-bond donors (Lipinski definition) is 1. The summed E-state index contributed by atoms with van der Waals surface area (Å²) in [6.07, 6.45) is 2.99. The van der Waals surface area contributed by atoms with E-state index in [1.54, 1.807) is 0 Å². The molecule has 6 nitrogen and oxygen atoms in total. The molecule has 2 aromatic heterocycles. The standard InChI is InChI=1S/C34H33N4.C5H8O2.Pt/c1-33(2,3)27-17-12-24(13-18-27)30-36-31(25-14-19-28(20-15-25)34(4,5)6)38-32(37-30)26-16-21-29(35-22-26)23-10-8-7-9-11-23;1-4(6)3-5(2)7;/h7-10,12-22H,1-6H3;3,6H,1-2H3;/q-1;;/b;4-3-;. The Morgan fingerprint density at radius 1 is 0.674 bits per heavy atom. The second-order valence-corrected chi connectivity index (χ2v) is 13.1. The van der Waals surface area contributed by atoms with Gasteiger partial charge in [-0.15, -0.1) is 35.9 Å². The van der Waals surface area contributed by atoms with Crippen molar-refractivity contribution in [3.63, 3.8) is 0 Å². The molecule has 0 aliphatic heterocycles. The third-order valence-corrected chi connectivity index (χ3v) is 7.07. The van der Waals surface area contributed by atoms with E-state index >= 15 is 0 Å². The van der Waals surface area contributed by atoms with Gasteiger partial charge in [0.05, 0.1) is 5.76 Å². The van der Waals surface area contributed by atoms with Gasteiger partial charge in [0.2, 0.25) is 0 Å². The smallest absolute Gasteiger partial charge is 0.165 e. The summed E-state index contributed by atoms with van der Waals surface area (Å²) in [6.45, 7) is 16.1. The van der Waals surface area contributed by atoms with Gasteiger partial charge in [0.1, 0.15) is 0 Å². The van der Waals surface area contributed by atoms with Crippen LogP contribution in [0.1, 0.15) is 66.5 Å². The summed E-state index contributed by atoms with van der Waals surface area (Å²) < 4.78 is 0. The first-order chi connectivity index (χ1) is 21.2. The molecule has 0 radical (unpaired) electrons. The Kier molecular flexibility index (Phi) is 12.1. The van der Waals surface area contributed by atoms with Gasteiger partial charge in [0, 0.05) is 50.0 Å². The minimum Gasteiger partial charge on any atom is -0.512 e. The van der Waals surface area contributed by atoms with Crippen molar-refractivity contribution in [3.8, 4) is 45.4 Å². The average Bonchev–Trinajstić information content (AvgIpc) is 3.00. The van der Waals surface area contributed by atoms with Crippen molar-refractivity contribution in [3.05, 3.63) is 120 Å². The first-order valence-electron chi connectivity index (χ1n) is 15.0. The molecule has 0 spiro atoms. The fraction of sp³-hybridized carbons (Fsp3) is 0.256. The third kappa shape index (κ3) is 9.86. The van der Waals surface area contributed by atoms with Crippen LogP contribution in [0.4, 0.5) is 0 Å². The number of rotatable bonds is 5. The van der Waals surface area contributed by atoms with E-state index in [2.05, 4.69) is 101 Å². The van der Waals surface area contributed by atoms with Gasteiger partial charge in [0.25, 0.3) is 0 Å². The van der Waals surface area contributed by atoms with Crippen LogP contribution < -0.4 is 0 Å². The van der Waals surface area contributed by atoms with E-state index in [-0.39, 0.29) is 43.4 Å². The SMILES string of the molecule is CC(=O)/C=C(/C)O.CC(C)(C)c1ccc(-c2nc(-c3ccc(C(C)(C)C)cc3)nc(-c3ccc(-c4[c-]cccc4)nc3)n2)cc1.[Pt]. The summed E-state index contributed by atoms with van der Waals surface area (Å²) in [5, 5.41) is 8.36. The monoisotopic (exact) mass is 792 g/mol. The molecule has 0 aliphatic carbocycles. The van der Waals surface area contributed by atoms with E-state index in [1.165, 1.54) is 31.1 Å². The average molecular weight is 793 g/mol. The predicted octanol–water partition coefficient (Wildman–Crippen LogP) is 9.36. The first-order valence-corrected chi connectivity index (χ1v) is 15.0.